The Hall–Kier alpha value is -2.98. The van der Waals surface area contributed by atoms with Gasteiger partial charge in [-0.1, -0.05) is 0 Å². The van der Waals surface area contributed by atoms with Crippen molar-refractivity contribution in [1.82, 2.24) is 5.32 Å². The Labute approximate surface area is 235 Å². The van der Waals surface area contributed by atoms with Crippen LogP contribution in [0.1, 0.15) is 48.0 Å². The molecule has 1 aliphatic heterocycles. The molecule has 0 aromatic carbocycles. The molecule has 220 valence electrons. The highest BCUT2D eigenvalue weighted by Crippen LogP contribution is 2.43. The van der Waals surface area contributed by atoms with Crippen LogP contribution in [0.5, 0.6) is 0 Å². The molecular formula is C23H33NO13S2. The minimum absolute atomic E-state index is 0.123. The number of thioether (sulfide) groups is 1. The van der Waals surface area contributed by atoms with Crippen LogP contribution in [0.15, 0.2) is 0 Å². The largest absolute Gasteiger partial charge is 0.479 e. The number of rotatable bonds is 11. The van der Waals surface area contributed by atoms with Gasteiger partial charge >= 0.3 is 29.8 Å². The van der Waals surface area contributed by atoms with Crippen LogP contribution in [0.3, 0.4) is 0 Å². The minimum Gasteiger partial charge on any atom is -0.479 e. The average molecular weight is 596 g/mol. The molecule has 4 unspecified atom stereocenters. The summed E-state index contributed by atoms with van der Waals surface area (Å²) in [4.78, 5) is 71.1. The van der Waals surface area contributed by atoms with E-state index in [1.807, 2.05) is 0 Å². The third-order valence-corrected chi connectivity index (χ3v) is 6.42. The van der Waals surface area contributed by atoms with E-state index in [0.29, 0.717) is 11.8 Å². The third-order valence-electron chi connectivity index (χ3n) is 5.01. The Morgan fingerprint density at radius 2 is 1.59 bits per heavy atom. The first-order chi connectivity index (χ1) is 18.1. The van der Waals surface area contributed by atoms with Crippen molar-refractivity contribution in [3.05, 3.63) is 0 Å². The van der Waals surface area contributed by atoms with Crippen LogP contribution < -0.4 is 5.32 Å². The quantitative estimate of drug-likeness (QED) is 0.199. The average Bonchev–Trinajstić information content (AvgIpc) is 2.80. The SMILES string of the molecule is CCOC(=S)SC1(C(=O)OC)CC(OC(C)=O)C(NC(C)=O)C([C@H](OC(C)=O)[C@@H](COC(C)=O)OC(C)=O)O1. The number of carbonyl (C=O) groups is 6. The molecule has 0 radical (unpaired) electrons. The van der Waals surface area contributed by atoms with Gasteiger partial charge < -0.3 is 38.5 Å². The molecular weight excluding hydrogens is 562 g/mol. The summed E-state index contributed by atoms with van der Waals surface area (Å²) in [5.41, 5.74) is 0. The second-order valence-corrected chi connectivity index (χ2v) is 10.1. The Morgan fingerprint density at radius 3 is 2.05 bits per heavy atom. The highest BCUT2D eigenvalue weighted by atomic mass is 32.2. The predicted molar refractivity (Wildman–Crippen MR) is 137 cm³/mol. The summed E-state index contributed by atoms with van der Waals surface area (Å²) in [7, 11) is 1.08. The fraction of sp³-hybridized carbons (Fsp3) is 0.696. The van der Waals surface area contributed by atoms with Crippen molar-refractivity contribution < 1.29 is 61.9 Å². The van der Waals surface area contributed by atoms with Gasteiger partial charge in [0.15, 0.2) is 12.2 Å². The van der Waals surface area contributed by atoms with Gasteiger partial charge in [-0.2, -0.15) is 0 Å². The zero-order valence-corrected chi connectivity index (χ0v) is 24.3. The number of hydrogen-bond donors (Lipinski definition) is 1. The number of methoxy groups -OCH3 is 1. The van der Waals surface area contributed by atoms with Crippen LogP contribution in [0.4, 0.5) is 0 Å². The van der Waals surface area contributed by atoms with Crippen LogP contribution >= 0.6 is 24.0 Å². The Kier molecular flexibility index (Phi) is 13.6. The van der Waals surface area contributed by atoms with E-state index in [2.05, 4.69) is 5.32 Å². The Bertz CT molecular complexity index is 958. The van der Waals surface area contributed by atoms with Crippen LogP contribution in [-0.4, -0.2) is 95.9 Å². The normalized spacial score (nSPS) is 23.7. The summed E-state index contributed by atoms with van der Waals surface area (Å²) in [5, 5.41) is 2.58. The smallest absolute Gasteiger partial charge is 0.349 e. The first-order valence-corrected chi connectivity index (χ1v) is 12.9. The molecule has 0 aliphatic carbocycles. The summed E-state index contributed by atoms with van der Waals surface area (Å²) in [6.07, 6.45) is -6.29. The molecule has 1 fully saturated rings. The van der Waals surface area contributed by atoms with E-state index >= 15 is 0 Å². The van der Waals surface area contributed by atoms with Crippen molar-refractivity contribution in [1.29, 1.82) is 0 Å². The third kappa shape index (κ3) is 10.6. The zero-order valence-electron chi connectivity index (χ0n) is 22.6. The molecule has 0 aromatic heterocycles. The predicted octanol–water partition coefficient (Wildman–Crippen LogP) is 0.562. The topological polar surface area (TPSA) is 179 Å². The molecule has 0 spiro atoms. The van der Waals surface area contributed by atoms with Crippen molar-refractivity contribution in [2.75, 3.05) is 20.3 Å². The maximum atomic E-state index is 13.2. The summed E-state index contributed by atoms with van der Waals surface area (Å²) >= 11 is 5.85. The van der Waals surface area contributed by atoms with Gasteiger partial charge in [-0.05, 0) is 30.9 Å². The molecule has 16 heteroatoms. The second-order valence-electron chi connectivity index (χ2n) is 8.21. The summed E-state index contributed by atoms with van der Waals surface area (Å²) in [6.45, 7) is 6.73. The number of nitrogens with one attached hydrogen (secondary N) is 1. The fourth-order valence-corrected chi connectivity index (χ4v) is 5.33. The number of hydrogen-bond acceptors (Lipinski definition) is 15. The highest BCUT2D eigenvalue weighted by Gasteiger charge is 2.59. The first-order valence-electron chi connectivity index (χ1n) is 11.7. The van der Waals surface area contributed by atoms with Crippen LogP contribution in [0.2, 0.25) is 0 Å². The van der Waals surface area contributed by atoms with E-state index < -0.39 is 77.8 Å². The van der Waals surface area contributed by atoms with E-state index in [9.17, 15) is 28.8 Å². The summed E-state index contributed by atoms with van der Waals surface area (Å²) < 4.78 is 37.6. The first kappa shape index (κ1) is 34.0. The van der Waals surface area contributed by atoms with Crippen molar-refractivity contribution in [3.8, 4) is 0 Å². The van der Waals surface area contributed by atoms with Crippen LogP contribution in [-0.2, 0) is 61.9 Å². The Morgan fingerprint density at radius 1 is 0.974 bits per heavy atom. The molecule has 39 heavy (non-hydrogen) atoms. The van der Waals surface area contributed by atoms with Gasteiger partial charge in [-0.3, -0.25) is 24.0 Å². The van der Waals surface area contributed by atoms with Crippen molar-refractivity contribution >= 4 is 64.1 Å². The van der Waals surface area contributed by atoms with Gasteiger partial charge in [-0.25, -0.2) is 4.79 Å². The number of carbonyl (C=O) groups excluding carboxylic acids is 6. The van der Waals surface area contributed by atoms with E-state index in [1.54, 1.807) is 6.92 Å². The molecule has 1 aliphatic rings. The van der Waals surface area contributed by atoms with Gasteiger partial charge in [0.1, 0.15) is 18.8 Å². The number of thiocarbonyl (C=S) groups is 1. The van der Waals surface area contributed by atoms with Crippen molar-refractivity contribution in [3.63, 3.8) is 0 Å². The van der Waals surface area contributed by atoms with E-state index in [-0.39, 0.29) is 17.4 Å². The Balaban J connectivity index is 3.85. The molecule has 1 saturated heterocycles. The fourth-order valence-electron chi connectivity index (χ4n) is 3.78. The molecule has 0 saturated carbocycles. The molecule has 0 aromatic rings. The maximum Gasteiger partial charge on any atom is 0.349 e. The van der Waals surface area contributed by atoms with Gasteiger partial charge in [0, 0.05) is 41.0 Å². The molecule has 6 atom stereocenters. The lowest BCUT2D eigenvalue weighted by atomic mass is 9.89. The van der Waals surface area contributed by atoms with Crippen molar-refractivity contribution in [2.45, 2.75) is 83.4 Å². The molecule has 1 amide bonds. The molecule has 1 N–H and O–H groups in total. The molecule has 1 rings (SSSR count). The zero-order chi connectivity index (χ0) is 29.9. The summed E-state index contributed by atoms with van der Waals surface area (Å²) in [5.74, 6) is -4.79. The lowest BCUT2D eigenvalue weighted by Crippen LogP contribution is -2.68. The standard InChI is InChI=1S/C23H33NO13S2/c1-8-32-22(38)39-23(21(30)31-7)9-16(34-13(4)27)18(24-11(2)25)20(37-23)19(36-15(6)29)17(35-14(5)28)10-33-12(3)26/h16-20H,8-10H2,1-7H3,(H,24,25)/t16?,17-,18?,19-,20?,23?/m1/s1. The number of ether oxygens (including phenoxy) is 7. The molecule has 1 heterocycles. The maximum absolute atomic E-state index is 13.2. The van der Waals surface area contributed by atoms with E-state index in [4.69, 9.17) is 45.4 Å². The lowest BCUT2D eigenvalue weighted by molar-refractivity contribution is -0.223. The van der Waals surface area contributed by atoms with E-state index in [0.717, 1.165) is 34.8 Å². The summed E-state index contributed by atoms with van der Waals surface area (Å²) in [6, 6.07) is -1.26. The monoisotopic (exact) mass is 595 g/mol. The molecule has 14 nitrogen and oxygen atoms in total. The minimum atomic E-state index is -2.04. The van der Waals surface area contributed by atoms with Gasteiger partial charge in [0.2, 0.25) is 15.2 Å². The van der Waals surface area contributed by atoms with Gasteiger partial charge in [0.25, 0.3) is 0 Å². The number of esters is 5. The van der Waals surface area contributed by atoms with E-state index in [1.165, 1.54) is 6.92 Å². The van der Waals surface area contributed by atoms with Crippen LogP contribution in [0.25, 0.3) is 0 Å². The van der Waals surface area contributed by atoms with Gasteiger partial charge in [-0.15, -0.1) is 0 Å². The van der Waals surface area contributed by atoms with Crippen LogP contribution in [0, 0.1) is 0 Å². The highest BCUT2D eigenvalue weighted by molar-refractivity contribution is 8.23. The number of amides is 1. The van der Waals surface area contributed by atoms with Gasteiger partial charge in [0.05, 0.1) is 19.8 Å². The van der Waals surface area contributed by atoms with Crippen molar-refractivity contribution in [2.24, 2.45) is 0 Å². The molecule has 0 bridgehead atoms. The lowest BCUT2D eigenvalue weighted by Gasteiger charge is -2.48. The second kappa shape index (κ2) is 15.6.